The number of hydrogen-bond acceptors (Lipinski definition) is 3. The van der Waals surface area contributed by atoms with Crippen LogP contribution in [-0.2, 0) is 5.41 Å². The van der Waals surface area contributed by atoms with Crippen LogP contribution in [0.2, 0.25) is 0 Å². The van der Waals surface area contributed by atoms with E-state index in [1.54, 1.807) is 12.1 Å². The lowest BCUT2D eigenvalue weighted by atomic mass is 9.95. The van der Waals surface area contributed by atoms with Crippen LogP contribution in [0.5, 0.6) is 0 Å². The minimum absolute atomic E-state index is 0.179. The summed E-state index contributed by atoms with van der Waals surface area (Å²) in [4.78, 5) is 10.2. The molecule has 1 aliphatic carbocycles. The third-order valence-electron chi connectivity index (χ3n) is 3.72. The summed E-state index contributed by atoms with van der Waals surface area (Å²) in [5.74, 6) is 0.749. The van der Waals surface area contributed by atoms with Crippen LogP contribution in [-0.4, -0.2) is 18.0 Å². The highest BCUT2D eigenvalue weighted by Gasteiger charge is 2.57. The third-order valence-corrected chi connectivity index (χ3v) is 3.72. The van der Waals surface area contributed by atoms with Crippen molar-refractivity contribution in [3.8, 4) is 0 Å². The fourth-order valence-corrected chi connectivity index (χ4v) is 2.70. The van der Waals surface area contributed by atoms with Crippen molar-refractivity contribution >= 4 is 5.69 Å². The molecule has 2 fully saturated rings. The molecule has 4 heteroatoms. The first-order chi connectivity index (χ1) is 7.22. The summed E-state index contributed by atoms with van der Waals surface area (Å²) in [5.41, 5.74) is 1.73. The van der Waals surface area contributed by atoms with Crippen LogP contribution in [0.15, 0.2) is 24.3 Å². The van der Waals surface area contributed by atoms with Crippen molar-refractivity contribution in [2.45, 2.75) is 11.8 Å². The third kappa shape index (κ3) is 1.18. The van der Waals surface area contributed by atoms with Gasteiger partial charge in [0.05, 0.1) is 4.92 Å². The standard InChI is InChI=1S/C11H12N2O2/c14-13(15)10-3-1-8(2-4-10)11-5-9(11)6-12-7-11/h1-4,9,12H,5-7H2/t9-,11+/m0/s1. The Bertz CT molecular complexity index is 415. The van der Waals surface area contributed by atoms with Gasteiger partial charge in [-0.3, -0.25) is 10.1 Å². The summed E-state index contributed by atoms with van der Waals surface area (Å²) in [6, 6.07) is 7.03. The van der Waals surface area contributed by atoms with Crippen molar-refractivity contribution in [3.05, 3.63) is 39.9 Å². The number of rotatable bonds is 2. The number of hydrogen-bond donors (Lipinski definition) is 1. The molecule has 1 N–H and O–H groups in total. The zero-order valence-electron chi connectivity index (χ0n) is 8.27. The Morgan fingerprint density at radius 1 is 1.40 bits per heavy atom. The molecule has 0 radical (unpaired) electrons. The highest BCUT2D eigenvalue weighted by molar-refractivity contribution is 5.42. The molecule has 78 valence electrons. The predicted octanol–water partition coefficient (Wildman–Crippen LogP) is 1.46. The summed E-state index contributed by atoms with van der Waals surface area (Å²) in [7, 11) is 0. The lowest BCUT2D eigenvalue weighted by Gasteiger charge is -2.11. The maximum Gasteiger partial charge on any atom is 0.269 e. The highest BCUT2D eigenvalue weighted by Crippen LogP contribution is 2.56. The van der Waals surface area contributed by atoms with E-state index in [0.717, 1.165) is 19.0 Å². The molecule has 4 nitrogen and oxygen atoms in total. The summed E-state index contributed by atoms with van der Waals surface area (Å²) in [6.07, 6.45) is 1.23. The zero-order valence-corrected chi connectivity index (χ0v) is 8.27. The first-order valence-corrected chi connectivity index (χ1v) is 5.18. The van der Waals surface area contributed by atoms with E-state index in [4.69, 9.17) is 0 Å². The van der Waals surface area contributed by atoms with E-state index in [-0.39, 0.29) is 10.6 Å². The molecule has 0 bridgehead atoms. The predicted molar refractivity (Wildman–Crippen MR) is 55.8 cm³/mol. The fourth-order valence-electron chi connectivity index (χ4n) is 2.70. The van der Waals surface area contributed by atoms with E-state index in [9.17, 15) is 10.1 Å². The number of nitro benzene ring substituents is 1. The Balaban J connectivity index is 1.91. The second-order valence-corrected chi connectivity index (χ2v) is 4.49. The zero-order chi connectivity index (χ0) is 10.5. The van der Waals surface area contributed by atoms with Crippen molar-refractivity contribution in [2.24, 2.45) is 5.92 Å². The molecule has 1 saturated carbocycles. The molecule has 3 rings (SSSR count). The number of nitrogens with zero attached hydrogens (tertiary/aromatic N) is 1. The van der Waals surface area contributed by atoms with Gasteiger partial charge >= 0.3 is 0 Å². The van der Waals surface area contributed by atoms with Crippen molar-refractivity contribution in [1.29, 1.82) is 0 Å². The maximum atomic E-state index is 10.5. The molecule has 1 saturated heterocycles. The molecule has 0 aromatic heterocycles. The summed E-state index contributed by atoms with van der Waals surface area (Å²) < 4.78 is 0. The summed E-state index contributed by atoms with van der Waals surface area (Å²) in [5, 5.41) is 13.9. The largest absolute Gasteiger partial charge is 0.316 e. The van der Waals surface area contributed by atoms with E-state index in [2.05, 4.69) is 5.32 Å². The van der Waals surface area contributed by atoms with Gasteiger partial charge in [0.2, 0.25) is 0 Å². The van der Waals surface area contributed by atoms with Gasteiger partial charge in [-0.15, -0.1) is 0 Å². The first kappa shape index (κ1) is 8.85. The molecule has 0 unspecified atom stereocenters. The Kier molecular flexibility index (Phi) is 1.65. The number of piperidine rings is 1. The quantitative estimate of drug-likeness (QED) is 0.586. The SMILES string of the molecule is O=[N+]([O-])c1ccc([C@@]23CNC[C@@H]2C3)cc1. The Morgan fingerprint density at radius 3 is 2.60 bits per heavy atom. The molecule has 1 aliphatic heterocycles. The molecule has 2 aliphatic rings. The average molecular weight is 204 g/mol. The van der Waals surface area contributed by atoms with Crippen molar-refractivity contribution in [3.63, 3.8) is 0 Å². The van der Waals surface area contributed by atoms with Gasteiger partial charge in [0.15, 0.2) is 0 Å². The van der Waals surface area contributed by atoms with Crippen LogP contribution in [0, 0.1) is 16.0 Å². The second-order valence-electron chi connectivity index (χ2n) is 4.49. The van der Waals surface area contributed by atoms with Crippen molar-refractivity contribution in [2.75, 3.05) is 13.1 Å². The highest BCUT2D eigenvalue weighted by atomic mass is 16.6. The van der Waals surface area contributed by atoms with Gasteiger partial charge < -0.3 is 5.32 Å². The van der Waals surface area contributed by atoms with Crippen LogP contribution >= 0.6 is 0 Å². The van der Waals surface area contributed by atoms with Crippen molar-refractivity contribution < 1.29 is 4.92 Å². The van der Waals surface area contributed by atoms with Gasteiger partial charge in [-0.1, -0.05) is 12.1 Å². The van der Waals surface area contributed by atoms with Gasteiger partial charge in [-0.2, -0.15) is 0 Å². The van der Waals surface area contributed by atoms with Gasteiger partial charge in [0.1, 0.15) is 0 Å². The van der Waals surface area contributed by atoms with Gasteiger partial charge in [0, 0.05) is 24.1 Å². The maximum absolute atomic E-state index is 10.5. The van der Waals surface area contributed by atoms with E-state index in [1.807, 2.05) is 12.1 Å². The molecule has 1 aromatic rings. The Morgan fingerprint density at radius 2 is 2.13 bits per heavy atom. The normalized spacial score (nSPS) is 32.4. The molecule has 0 spiro atoms. The van der Waals surface area contributed by atoms with E-state index < -0.39 is 0 Å². The van der Waals surface area contributed by atoms with E-state index >= 15 is 0 Å². The van der Waals surface area contributed by atoms with Crippen LogP contribution in [0.1, 0.15) is 12.0 Å². The molecular weight excluding hydrogens is 192 g/mol. The molecule has 1 heterocycles. The first-order valence-electron chi connectivity index (χ1n) is 5.18. The number of fused-ring (bicyclic) bond motifs is 1. The van der Waals surface area contributed by atoms with Crippen LogP contribution < -0.4 is 5.32 Å². The smallest absolute Gasteiger partial charge is 0.269 e. The van der Waals surface area contributed by atoms with E-state index in [0.29, 0.717) is 5.41 Å². The van der Waals surface area contributed by atoms with Crippen LogP contribution in [0.25, 0.3) is 0 Å². The fraction of sp³-hybridized carbons (Fsp3) is 0.455. The van der Waals surface area contributed by atoms with Crippen LogP contribution in [0.3, 0.4) is 0 Å². The monoisotopic (exact) mass is 204 g/mol. The minimum Gasteiger partial charge on any atom is -0.316 e. The Labute approximate surface area is 87.4 Å². The number of nitrogens with one attached hydrogen (secondary N) is 1. The van der Waals surface area contributed by atoms with Gasteiger partial charge in [-0.25, -0.2) is 0 Å². The van der Waals surface area contributed by atoms with Gasteiger partial charge in [0.25, 0.3) is 5.69 Å². The average Bonchev–Trinajstić information content (AvgIpc) is 2.82. The number of benzene rings is 1. The minimum atomic E-state index is -0.348. The van der Waals surface area contributed by atoms with Crippen molar-refractivity contribution in [1.82, 2.24) is 5.32 Å². The van der Waals surface area contributed by atoms with Gasteiger partial charge in [-0.05, 0) is 24.4 Å². The second kappa shape index (κ2) is 2.79. The molecular formula is C11H12N2O2. The lowest BCUT2D eigenvalue weighted by Crippen LogP contribution is -2.19. The number of nitro groups is 1. The lowest BCUT2D eigenvalue weighted by molar-refractivity contribution is -0.384. The molecule has 1 aromatic carbocycles. The number of non-ortho nitro benzene ring substituents is 1. The summed E-state index contributed by atoms with van der Waals surface area (Å²) >= 11 is 0. The van der Waals surface area contributed by atoms with Crippen LogP contribution in [0.4, 0.5) is 5.69 Å². The molecule has 2 atom stereocenters. The topological polar surface area (TPSA) is 55.2 Å². The molecule has 0 amide bonds. The Hall–Kier alpha value is -1.42. The molecule has 15 heavy (non-hydrogen) atoms. The summed E-state index contributed by atoms with van der Waals surface area (Å²) in [6.45, 7) is 2.12. The van der Waals surface area contributed by atoms with E-state index in [1.165, 1.54) is 12.0 Å².